The van der Waals surface area contributed by atoms with Gasteiger partial charge in [0.2, 0.25) is 0 Å². The molecule has 1 amide bonds. The molecule has 116 valence electrons. The second-order valence-corrected chi connectivity index (χ2v) is 5.63. The minimum Gasteiger partial charge on any atom is -0.382 e. The van der Waals surface area contributed by atoms with E-state index >= 15 is 0 Å². The number of anilines is 1. The van der Waals surface area contributed by atoms with Gasteiger partial charge in [0.25, 0.3) is 11.6 Å². The van der Waals surface area contributed by atoms with Crippen LogP contribution in [0.25, 0.3) is 0 Å². The van der Waals surface area contributed by atoms with Crippen LogP contribution in [0.5, 0.6) is 0 Å². The zero-order valence-corrected chi connectivity index (χ0v) is 13.0. The summed E-state index contributed by atoms with van der Waals surface area (Å²) in [6.45, 7) is 4.14. The lowest BCUT2D eigenvalue weighted by Crippen LogP contribution is -2.36. The maximum Gasteiger partial charge on any atom is 0.293 e. The lowest BCUT2D eigenvalue weighted by Gasteiger charge is -2.26. The predicted molar refractivity (Wildman–Crippen MR) is 80.7 cm³/mol. The number of nitrogens with one attached hydrogen (secondary N) is 1. The summed E-state index contributed by atoms with van der Waals surface area (Å²) < 4.78 is 5.08. The molecule has 0 aliphatic heterocycles. The number of ether oxygens (including phenoxy) is 1. The second kappa shape index (κ2) is 6.53. The Morgan fingerprint density at radius 1 is 1.43 bits per heavy atom. The quantitative estimate of drug-likeness (QED) is 0.642. The highest BCUT2D eigenvalue weighted by molar-refractivity contribution is 5.95. The van der Waals surface area contributed by atoms with Gasteiger partial charge >= 0.3 is 0 Å². The zero-order chi connectivity index (χ0) is 16.2. The number of amides is 1. The van der Waals surface area contributed by atoms with Crippen molar-refractivity contribution in [3.05, 3.63) is 33.9 Å². The van der Waals surface area contributed by atoms with E-state index in [1.807, 2.05) is 13.8 Å². The molecule has 0 aliphatic carbocycles. The summed E-state index contributed by atoms with van der Waals surface area (Å²) in [4.78, 5) is 24.0. The van der Waals surface area contributed by atoms with E-state index in [2.05, 4.69) is 5.32 Å². The predicted octanol–water partition coefficient (Wildman–Crippen LogP) is 2.13. The van der Waals surface area contributed by atoms with Gasteiger partial charge in [-0.15, -0.1) is 0 Å². The summed E-state index contributed by atoms with van der Waals surface area (Å²) in [5, 5.41) is 14.3. The van der Waals surface area contributed by atoms with E-state index < -0.39 is 10.5 Å². The van der Waals surface area contributed by atoms with Crippen molar-refractivity contribution < 1.29 is 14.5 Å². The average Bonchev–Trinajstić information content (AvgIpc) is 2.37. The van der Waals surface area contributed by atoms with E-state index in [-0.39, 0.29) is 17.2 Å². The van der Waals surface area contributed by atoms with Gasteiger partial charge in [-0.1, -0.05) is 0 Å². The van der Waals surface area contributed by atoms with Gasteiger partial charge in [0.05, 0.1) is 17.1 Å². The molecule has 0 saturated heterocycles. The topological polar surface area (TPSA) is 84.7 Å². The van der Waals surface area contributed by atoms with Crippen molar-refractivity contribution in [3.63, 3.8) is 0 Å². The van der Waals surface area contributed by atoms with Crippen LogP contribution >= 0.6 is 0 Å². The minimum atomic E-state index is -0.502. The van der Waals surface area contributed by atoms with Gasteiger partial charge in [-0.05, 0) is 26.0 Å². The molecular formula is C14H21N3O4. The van der Waals surface area contributed by atoms with Crippen LogP contribution in [0.4, 0.5) is 11.4 Å². The zero-order valence-electron chi connectivity index (χ0n) is 13.0. The first kappa shape index (κ1) is 16.9. The smallest absolute Gasteiger partial charge is 0.293 e. The number of methoxy groups -OCH3 is 1. The number of carbonyl (C=O) groups is 1. The maximum absolute atomic E-state index is 11.9. The van der Waals surface area contributed by atoms with Crippen molar-refractivity contribution in [2.24, 2.45) is 0 Å². The van der Waals surface area contributed by atoms with Gasteiger partial charge in [-0.3, -0.25) is 14.9 Å². The SMILES string of the molecule is COCC(C)(C)Nc1ccc(C(=O)N(C)C)cc1[N+](=O)[O-]. The van der Waals surface area contributed by atoms with Gasteiger partial charge in [0.15, 0.2) is 0 Å². The van der Waals surface area contributed by atoms with E-state index in [0.717, 1.165) is 0 Å². The summed E-state index contributed by atoms with van der Waals surface area (Å²) in [5.41, 5.74) is 0.0399. The Morgan fingerprint density at radius 3 is 2.52 bits per heavy atom. The number of hydrogen-bond donors (Lipinski definition) is 1. The van der Waals surface area contributed by atoms with E-state index in [1.165, 1.54) is 11.0 Å². The molecule has 7 heteroatoms. The molecular weight excluding hydrogens is 274 g/mol. The monoisotopic (exact) mass is 295 g/mol. The van der Waals surface area contributed by atoms with Crippen LogP contribution in [0.3, 0.4) is 0 Å². The van der Waals surface area contributed by atoms with E-state index in [4.69, 9.17) is 4.74 Å². The summed E-state index contributed by atoms with van der Waals surface area (Å²) in [5.74, 6) is -0.277. The first-order chi connectivity index (χ1) is 9.68. The Kier molecular flexibility index (Phi) is 5.26. The first-order valence-electron chi connectivity index (χ1n) is 6.45. The highest BCUT2D eigenvalue weighted by Crippen LogP contribution is 2.28. The molecule has 7 nitrogen and oxygen atoms in total. The van der Waals surface area contributed by atoms with Gasteiger partial charge in [0.1, 0.15) is 5.69 Å². The number of nitro groups is 1. The Labute approximate surface area is 124 Å². The number of carbonyl (C=O) groups excluding carboxylic acids is 1. The van der Waals surface area contributed by atoms with Crippen molar-refractivity contribution in [1.29, 1.82) is 0 Å². The maximum atomic E-state index is 11.9. The fraction of sp³-hybridized carbons (Fsp3) is 0.500. The molecule has 0 saturated carbocycles. The van der Waals surface area contributed by atoms with Crippen LogP contribution in [0.2, 0.25) is 0 Å². The van der Waals surface area contributed by atoms with E-state index in [9.17, 15) is 14.9 Å². The summed E-state index contributed by atoms with van der Waals surface area (Å²) in [6, 6.07) is 4.40. The molecule has 1 rings (SSSR count). The van der Waals surface area contributed by atoms with Crippen molar-refractivity contribution in [2.45, 2.75) is 19.4 Å². The number of rotatable bonds is 6. The van der Waals surface area contributed by atoms with Crippen LogP contribution in [-0.2, 0) is 4.74 Å². The number of hydrogen-bond acceptors (Lipinski definition) is 5. The van der Waals surface area contributed by atoms with E-state index in [1.54, 1.807) is 33.3 Å². The molecule has 0 atom stereocenters. The first-order valence-corrected chi connectivity index (χ1v) is 6.45. The lowest BCUT2D eigenvalue weighted by atomic mass is 10.1. The Hall–Kier alpha value is -2.15. The third-order valence-electron chi connectivity index (χ3n) is 2.83. The molecule has 0 aliphatic rings. The number of nitro benzene ring substituents is 1. The molecule has 0 radical (unpaired) electrons. The lowest BCUT2D eigenvalue weighted by molar-refractivity contribution is -0.384. The molecule has 1 N–H and O–H groups in total. The Bertz CT molecular complexity index is 541. The normalized spacial score (nSPS) is 11.1. The van der Waals surface area contributed by atoms with Crippen molar-refractivity contribution >= 4 is 17.3 Å². The molecule has 0 bridgehead atoms. The van der Waals surface area contributed by atoms with Crippen LogP contribution in [0.1, 0.15) is 24.2 Å². The molecule has 0 heterocycles. The van der Waals surface area contributed by atoms with Gasteiger partial charge in [0, 0.05) is 32.8 Å². The van der Waals surface area contributed by atoms with Crippen LogP contribution < -0.4 is 5.32 Å². The van der Waals surface area contributed by atoms with E-state index in [0.29, 0.717) is 12.3 Å². The summed E-state index contributed by atoms with van der Waals surface area (Å²) in [6.07, 6.45) is 0. The van der Waals surface area contributed by atoms with Gasteiger partial charge in [-0.2, -0.15) is 0 Å². The summed E-state index contributed by atoms with van der Waals surface area (Å²) >= 11 is 0. The molecule has 0 aromatic heterocycles. The van der Waals surface area contributed by atoms with Crippen LogP contribution in [-0.4, -0.2) is 49.1 Å². The standard InChI is InChI=1S/C14H21N3O4/c1-14(2,9-21-5)15-11-7-6-10(13(18)16(3)4)8-12(11)17(19)20/h6-8,15H,9H2,1-5H3. The highest BCUT2D eigenvalue weighted by atomic mass is 16.6. The summed E-state index contributed by atoms with van der Waals surface area (Å²) in [7, 11) is 4.76. The van der Waals surface area contributed by atoms with Crippen LogP contribution in [0, 0.1) is 10.1 Å². The third-order valence-corrected chi connectivity index (χ3v) is 2.83. The van der Waals surface area contributed by atoms with Crippen molar-refractivity contribution in [1.82, 2.24) is 4.90 Å². The minimum absolute atomic E-state index is 0.133. The van der Waals surface area contributed by atoms with Crippen LogP contribution in [0.15, 0.2) is 18.2 Å². The Balaban J connectivity index is 3.17. The van der Waals surface area contributed by atoms with Crippen molar-refractivity contribution in [2.75, 3.05) is 33.1 Å². The number of nitrogens with zero attached hydrogens (tertiary/aromatic N) is 2. The highest BCUT2D eigenvalue weighted by Gasteiger charge is 2.24. The second-order valence-electron chi connectivity index (χ2n) is 5.63. The molecule has 1 aromatic carbocycles. The molecule has 0 unspecified atom stereocenters. The number of benzene rings is 1. The molecule has 1 aromatic rings. The Morgan fingerprint density at radius 2 is 2.05 bits per heavy atom. The fourth-order valence-electron chi connectivity index (χ4n) is 1.94. The largest absolute Gasteiger partial charge is 0.382 e. The fourth-order valence-corrected chi connectivity index (χ4v) is 1.94. The van der Waals surface area contributed by atoms with Gasteiger partial charge in [-0.25, -0.2) is 0 Å². The average molecular weight is 295 g/mol. The van der Waals surface area contributed by atoms with Gasteiger partial charge < -0.3 is 15.0 Å². The molecule has 0 spiro atoms. The van der Waals surface area contributed by atoms with Crippen molar-refractivity contribution in [3.8, 4) is 0 Å². The molecule has 21 heavy (non-hydrogen) atoms. The molecule has 0 fully saturated rings. The third kappa shape index (κ3) is 4.42.